The number of carbonyl (C=O) groups excluding carboxylic acids is 3. The smallest absolute Gasteiger partial charge is 0.490 e. The average molecular weight is 925 g/mol. The first kappa shape index (κ1) is 48.9. The molecule has 4 aliphatic rings. The lowest BCUT2D eigenvalue weighted by Gasteiger charge is -2.38. The van der Waals surface area contributed by atoms with Crippen molar-refractivity contribution in [1.29, 1.82) is 0 Å². The fourth-order valence-corrected chi connectivity index (χ4v) is 8.92. The number of hydrogen-bond acceptors (Lipinski definition) is 12. The minimum atomic E-state index is -5.08. The molecule has 4 aliphatic heterocycles. The van der Waals surface area contributed by atoms with Crippen LogP contribution in [0.15, 0.2) is 48.5 Å². The fraction of sp³-hybridized carbons (Fsp3) is 0.511. The average Bonchev–Trinajstić information content (AvgIpc) is 3.89. The molecule has 2 aromatic carbocycles. The SMILES string of the molecule is COc1ccc(-c2nc3n(c2C(N)=O)NCCC3C2CCN(C(=O)OC(C)(C)C)CC2)cc1.COc1ccc(-c2nc3n(c2C(N)=O)NCCC3C2CCNCC2)cc1.O=C(O)C(F)(F)F. The summed E-state index contributed by atoms with van der Waals surface area (Å²) in [6.07, 6.45) is 0.602. The zero-order valence-corrected chi connectivity index (χ0v) is 37.7. The number of piperidine rings is 2. The van der Waals surface area contributed by atoms with Gasteiger partial charge < -0.3 is 51.9 Å². The number of benzene rings is 2. The molecule has 0 saturated carbocycles. The maximum Gasteiger partial charge on any atom is 0.490 e. The maximum absolute atomic E-state index is 12.4. The second-order valence-corrected chi connectivity index (χ2v) is 17.5. The number of imidazole rings is 2. The summed E-state index contributed by atoms with van der Waals surface area (Å²) < 4.78 is 51.3. The number of methoxy groups -OCH3 is 2. The molecule has 2 saturated heterocycles. The van der Waals surface area contributed by atoms with Gasteiger partial charge in [0.05, 0.1) is 14.2 Å². The number of aliphatic carboxylic acids is 1. The van der Waals surface area contributed by atoms with Crippen LogP contribution in [0.4, 0.5) is 18.0 Å². The summed E-state index contributed by atoms with van der Waals surface area (Å²) in [5.74, 6) is 0.994. The van der Waals surface area contributed by atoms with Crippen LogP contribution in [0, 0.1) is 11.8 Å². The van der Waals surface area contributed by atoms with E-state index in [1.807, 2.05) is 74.0 Å². The van der Waals surface area contributed by atoms with Crippen LogP contribution < -0.4 is 37.1 Å². The molecule has 8 N–H and O–H groups in total. The number of nitrogens with two attached hydrogens (primary N) is 2. The number of alkyl halides is 3. The molecule has 2 atom stereocenters. The summed E-state index contributed by atoms with van der Waals surface area (Å²) >= 11 is 0. The van der Waals surface area contributed by atoms with Gasteiger partial charge in [-0.1, -0.05) is 0 Å². The zero-order valence-electron chi connectivity index (χ0n) is 37.7. The van der Waals surface area contributed by atoms with Crippen molar-refractivity contribution in [3.8, 4) is 34.0 Å². The van der Waals surface area contributed by atoms with Gasteiger partial charge in [-0.05, 0) is 133 Å². The van der Waals surface area contributed by atoms with Gasteiger partial charge in [-0.15, -0.1) is 0 Å². The molecule has 21 heteroatoms. The highest BCUT2D eigenvalue weighted by Gasteiger charge is 2.39. The minimum absolute atomic E-state index is 0.178. The Morgan fingerprint density at radius 1 is 0.667 bits per heavy atom. The topological polar surface area (TPSA) is 243 Å². The highest BCUT2D eigenvalue weighted by Crippen LogP contribution is 2.40. The second-order valence-electron chi connectivity index (χ2n) is 17.5. The fourth-order valence-electron chi connectivity index (χ4n) is 8.92. The number of primary amides is 2. The minimum Gasteiger partial charge on any atom is -0.497 e. The lowest BCUT2D eigenvalue weighted by atomic mass is 9.81. The lowest BCUT2D eigenvalue weighted by molar-refractivity contribution is -0.192. The van der Waals surface area contributed by atoms with Crippen LogP contribution in [0.1, 0.15) is 104 Å². The number of halogens is 3. The van der Waals surface area contributed by atoms with E-state index in [0.29, 0.717) is 53.6 Å². The number of rotatable bonds is 8. The van der Waals surface area contributed by atoms with Gasteiger partial charge in [-0.3, -0.25) is 9.59 Å². The van der Waals surface area contributed by atoms with Crippen molar-refractivity contribution < 1.29 is 51.7 Å². The molecule has 8 rings (SSSR count). The second kappa shape index (κ2) is 20.8. The number of carboxylic acids is 1. The Kier molecular flexibility index (Phi) is 15.4. The lowest BCUT2D eigenvalue weighted by Crippen LogP contribution is -2.43. The number of hydrogen-bond donors (Lipinski definition) is 6. The van der Waals surface area contributed by atoms with E-state index in [1.165, 1.54) is 0 Å². The summed E-state index contributed by atoms with van der Waals surface area (Å²) in [5, 5.41) is 10.5. The van der Waals surface area contributed by atoms with Crippen molar-refractivity contribution in [2.75, 3.05) is 64.3 Å². The largest absolute Gasteiger partial charge is 0.497 e. The van der Waals surface area contributed by atoms with Crippen LogP contribution in [0.3, 0.4) is 0 Å². The molecule has 2 aromatic heterocycles. The van der Waals surface area contributed by atoms with Crippen LogP contribution in [-0.4, -0.2) is 118 Å². The van der Waals surface area contributed by atoms with Gasteiger partial charge >= 0.3 is 18.2 Å². The van der Waals surface area contributed by atoms with Crippen molar-refractivity contribution in [2.24, 2.45) is 23.3 Å². The standard InChI is InChI=1S/C24H33N5O4.C19H25N5O2.C2HF3O2/c1-24(2,3)33-23(31)28-13-10-15(11-14-28)18-9-12-26-29-20(21(25)30)19(27-22(18)29)16-5-7-17(32-4)8-6-16;1-26-14-4-2-13(3-5-14)16-17(18(20)25)24-19(23-16)15(8-11-22-24)12-6-9-21-10-7-12;3-2(4,5)1(6)7/h5-8,15,18,26H,9-14H2,1-4H3,(H2,25,30);2-5,12,15,21-22H,6-11H2,1H3,(H2,20,25);(H,6,7). The Morgan fingerprint density at radius 3 is 1.41 bits per heavy atom. The summed E-state index contributed by atoms with van der Waals surface area (Å²) in [7, 11) is 3.24. The third-order valence-corrected chi connectivity index (χ3v) is 12.1. The van der Waals surface area contributed by atoms with Gasteiger partial charge in [0.1, 0.15) is 40.1 Å². The van der Waals surface area contributed by atoms with E-state index in [0.717, 1.165) is 99.0 Å². The summed E-state index contributed by atoms with van der Waals surface area (Å²) in [6, 6.07) is 15.0. The van der Waals surface area contributed by atoms with E-state index in [2.05, 4.69) is 16.2 Å². The van der Waals surface area contributed by atoms with Crippen LogP contribution in [-0.2, 0) is 9.53 Å². The predicted molar refractivity (Wildman–Crippen MR) is 238 cm³/mol. The first-order valence-electron chi connectivity index (χ1n) is 21.9. The van der Waals surface area contributed by atoms with Gasteiger partial charge in [-0.25, -0.2) is 28.9 Å². The predicted octanol–water partition coefficient (Wildman–Crippen LogP) is 5.66. The normalized spacial score (nSPS) is 18.6. The van der Waals surface area contributed by atoms with Gasteiger partial charge in [0, 0.05) is 49.1 Å². The zero-order chi connectivity index (χ0) is 47.9. The highest BCUT2D eigenvalue weighted by molar-refractivity contribution is 5.98. The molecule has 0 aliphatic carbocycles. The maximum atomic E-state index is 12.4. The molecule has 4 aromatic rings. The highest BCUT2D eigenvalue weighted by atomic mass is 19.4. The van der Waals surface area contributed by atoms with E-state index in [4.69, 9.17) is 45.5 Å². The Balaban J connectivity index is 0.000000194. The first-order chi connectivity index (χ1) is 31.3. The number of fused-ring (bicyclic) bond motifs is 2. The third-order valence-electron chi connectivity index (χ3n) is 12.1. The third kappa shape index (κ3) is 11.5. The quantitative estimate of drug-likeness (QED) is 0.125. The van der Waals surface area contributed by atoms with Gasteiger partial charge in [0.2, 0.25) is 0 Å². The molecule has 66 heavy (non-hydrogen) atoms. The van der Waals surface area contributed by atoms with Crippen LogP contribution in [0.5, 0.6) is 11.5 Å². The molecule has 358 valence electrons. The Hall–Kier alpha value is -6.51. The molecule has 2 fully saturated rings. The molecular weight excluding hydrogens is 866 g/mol. The van der Waals surface area contributed by atoms with Crippen molar-refractivity contribution in [3.05, 3.63) is 71.6 Å². The number of likely N-dealkylation sites (tertiary alicyclic amines) is 1. The van der Waals surface area contributed by atoms with Crippen LogP contribution >= 0.6 is 0 Å². The summed E-state index contributed by atoms with van der Waals surface area (Å²) in [4.78, 5) is 57.5. The Morgan fingerprint density at radius 2 is 1.06 bits per heavy atom. The Bertz CT molecular complexity index is 2330. The van der Waals surface area contributed by atoms with Crippen LogP contribution in [0.25, 0.3) is 22.5 Å². The summed E-state index contributed by atoms with van der Waals surface area (Å²) in [6.45, 7) is 10.6. The number of nitrogens with one attached hydrogen (secondary N) is 3. The van der Waals surface area contributed by atoms with Crippen LogP contribution in [0.2, 0.25) is 0 Å². The number of amides is 3. The molecule has 3 amide bonds. The van der Waals surface area contributed by atoms with Gasteiger partial charge in [0.25, 0.3) is 11.8 Å². The van der Waals surface area contributed by atoms with Crippen molar-refractivity contribution in [2.45, 2.75) is 82.9 Å². The molecule has 0 radical (unpaired) electrons. The van der Waals surface area contributed by atoms with E-state index in [9.17, 15) is 27.6 Å². The molecule has 6 heterocycles. The van der Waals surface area contributed by atoms with Gasteiger partial charge in [-0.2, -0.15) is 13.2 Å². The van der Waals surface area contributed by atoms with E-state index in [-0.39, 0.29) is 12.0 Å². The molecule has 2 unspecified atom stereocenters. The van der Waals surface area contributed by atoms with E-state index in [1.54, 1.807) is 23.8 Å². The number of ether oxygens (including phenoxy) is 3. The van der Waals surface area contributed by atoms with Crippen molar-refractivity contribution in [1.82, 2.24) is 29.5 Å². The molecular formula is C45H59F3N10O8. The first-order valence-corrected chi connectivity index (χ1v) is 21.9. The number of aromatic nitrogens is 4. The number of carbonyl (C=O) groups is 4. The monoisotopic (exact) mass is 924 g/mol. The molecule has 0 spiro atoms. The molecule has 0 bridgehead atoms. The van der Waals surface area contributed by atoms with Gasteiger partial charge in [0.15, 0.2) is 11.4 Å². The van der Waals surface area contributed by atoms with E-state index < -0.39 is 29.6 Å². The van der Waals surface area contributed by atoms with Crippen molar-refractivity contribution >= 4 is 23.9 Å². The van der Waals surface area contributed by atoms with Crippen molar-refractivity contribution in [3.63, 3.8) is 0 Å². The van der Waals surface area contributed by atoms with E-state index >= 15 is 0 Å². The number of carboxylic acid groups (broad SMARTS) is 1. The Labute approximate surface area is 380 Å². The number of nitrogens with zero attached hydrogens (tertiary/aromatic N) is 5. The summed E-state index contributed by atoms with van der Waals surface area (Å²) in [5.41, 5.74) is 21.3. The molecule has 18 nitrogen and oxygen atoms in total.